The standard InChI is InChI=1S/C13H23NO3S/c1-4-11(15)14-10-7-9-5-6-13(10,12(9,2)3)8-18(14,16)17/h9-10,16-17H,4-8H2,1-3H3/p-2/t9-,10-,13-/m1/s1. The summed E-state index contributed by atoms with van der Waals surface area (Å²) in [6, 6.07) is -0.0660. The second-order valence-corrected chi connectivity index (χ2v) is 8.51. The average molecular weight is 271 g/mol. The van der Waals surface area contributed by atoms with E-state index in [1.807, 2.05) is 0 Å². The highest BCUT2D eigenvalue weighted by atomic mass is 32.3. The van der Waals surface area contributed by atoms with Crippen molar-refractivity contribution < 1.29 is 13.9 Å². The maximum absolute atomic E-state index is 12.4. The van der Waals surface area contributed by atoms with E-state index in [4.69, 9.17) is 0 Å². The number of fused-ring (bicyclic) bond motifs is 1. The Morgan fingerprint density at radius 2 is 2.11 bits per heavy atom. The molecule has 2 aliphatic carbocycles. The van der Waals surface area contributed by atoms with Gasteiger partial charge in [-0.05, 0) is 36.3 Å². The van der Waals surface area contributed by atoms with Crippen LogP contribution in [0.3, 0.4) is 0 Å². The second-order valence-electron chi connectivity index (χ2n) is 6.66. The molecule has 18 heavy (non-hydrogen) atoms. The van der Waals surface area contributed by atoms with Crippen molar-refractivity contribution in [2.75, 3.05) is 5.75 Å². The third kappa shape index (κ3) is 1.23. The Kier molecular flexibility index (Phi) is 2.44. The molecule has 0 aromatic carbocycles. The van der Waals surface area contributed by atoms with Crippen molar-refractivity contribution >= 4 is 16.7 Å². The fourth-order valence-electron chi connectivity index (χ4n) is 4.77. The highest BCUT2D eigenvalue weighted by molar-refractivity contribution is 8.22. The summed E-state index contributed by atoms with van der Waals surface area (Å²) in [5.41, 5.74) is -0.130. The van der Waals surface area contributed by atoms with Crippen molar-refractivity contribution in [1.29, 1.82) is 0 Å². The number of rotatable bonds is 1. The predicted octanol–water partition coefficient (Wildman–Crippen LogP) is 2.41. The minimum absolute atomic E-state index is 0.0491. The van der Waals surface area contributed by atoms with E-state index in [1.54, 1.807) is 6.92 Å². The molecule has 4 nitrogen and oxygen atoms in total. The van der Waals surface area contributed by atoms with Gasteiger partial charge in [0.25, 0.3) is 0 Å². The van der Waals surface area contributed by atoms with Gasteiger partial charge in [0.1, 0.15) is 0 Å². The Labute approximate surface area is 110 Å². The minimum Gasteiger partial charge on any atom is -0.783 e. The van der Waals surface area contributed by atoms with Crippen LogP contribution in [0.5, 0.6) is 0 Å². The van der Waals surface area contributed by atoms with E-state index in [0.29, 0.717) is 5.92 Å². The van der Waals surface area contributed by atoms with Gasteiger partial charge in [-0.2, -0.15) is 0 Å². The van der Waals surface area contributed by atoms with Gasteiger partial charge in [-0.25, -0.2) is 0 Å². The van der Waals surface area contributed by atoms with Crippen LogP contribution in [-0.2, 0) is 4.79 Å². The van der Waals surface area contributed by atoms with Gasteiger partial charge in [-0.3, -0.25) is 4.79 Å². The first-order valence-corrected chi connectivity index (χ1v) is 8.42. The molecule has 3 fully saturated rings. The molecule has 3 aliphatic rings. The van der Waals surface area contributed by atoms with Crippen molar-refractivity contribution in [2.24, 2.45) is 16.7 Å². The summed E-state index contributed by atoms with van der Waals surface area (Å²) in [5.74, 6) is 0.533. The Hall–Kier alpha value is -0.260. The third-order valence-corrected chi connectivity index (χ3v) is 7.90. The van der Waals surface area contributed by atoms with Gasteiger partial charge in [0.15, 0.2) is 0 Å². The molecule has 2 saturated carbocycles. The fourth-order valence-corrected chi connectivity index (χ4v) is 7.39. The van der Waals surface area contributed by atoms with E-state index in [9.17, 15) is 13.9 Å². The monoisotopic (exact) mass is 271 g/mol. The van der Waals surface area contributed by atoms with E-state index in [0.717, 1.165) is 19.3 Å². The first kappa shape index (κ1) is 12.8. The molecular formula is C13H21NO3S-2. The van der Waals surface area contributed by atoms with E-state index >= 15 is 0 Å². The lowest BCUT2D eigenvalue weighted by molar-refractivity contribution is -0.129. The SMILES string of the molecule is CCC(=O)N1[C@@H]2C[C@H]3CC[C@]2(CS1([O-])[O-])C3(C)C. The van der Waals surface area contributed by atoms with Gasteiger partial charge in [0, 0.05) is 11.8 Å². The number of hydrogen-bond donors (Lipinski definition) is 0. The topological polar surface area (TPSA) is 66.4 Å². The van der Waals surface area contributed by atoms with E-state index in [1.165, 1.54) is 4.31 Å². The molecule has 1 aliphatic heterocycles. The van der Waals surface area contributed by atoms with Crippen molar-refractivity contribution in [3.05, 3.63) is 0 Å². The van der Waals surface area contributed by atoms with E-state index in [-0.39, 0.29) is 35.0 Å². The summed E-state index contributed by atoms with van der Waals surface area (Å²) < 4.78 is 25.9. The molecular weight excluding hydrogens is 250 g/mol. The molecule has 1 saturated heterocycles. The van der Waals surface area contributed by atoms with Crippen molar-refractivity contribution in [3.63, 3.8) is 0 Å². The lowest BCUT2D eigenvalue weighted by Gasteiger charge is -2.63. The van der Waals surface area contributed by atoms with Crippen molar-refractivity contribution in [2.45, 2.75) is 52.5 Å². The third-order valence-electron chi connectivity index (χ3n) is 5.96. The van der Waals surface area contributed by atoms with Crippen LogP contribution in [0.2, 0.25) is 0 Å². The number of carbonyl (C=O) groups excluding carboxylic acids is 1. The van der Waals surface area contributed by atoms with Gasteiger partial charge in [0.2, 0.25) is 5.91 Å². The summed E-state index contributed by atoms with van der Waals surface area (Å²) in [6.07, 6.45) is 3.23. The van der Waals surface area contributed by atoms with Crippen LogP contribution in [0.4, 0.5) is 0 Å². The summed E-state index contributed by atoms with van der Waals surface area (Å²) in [4.78, 5) is 12.0. The van der Waals surface area contributed by atoms with Crippen molar-refractivity contribution in [3.8, 4) is 0 Å². The fraction of sp³-hybridized carbons (Fsp3) is 0.923. The summed E-state index contributed by atoms with van der Waals surface area (Å²) in [6.45, 7) is 6.13. The average Bonchev–Trinajstić information content (AvgIpc) is 2.74. The lowest BCUT2D eigenvalue weighted by Crippen LogP contribution is -2.43. The number of sulfonamides is 1. The number of nitrogens with zero attached hydrogens (tertiary/aromatic N) is 1. The Bertz CT molecular complexity index is 409. The zero-order chi connectivity index (χ0) is 13.3. The first-order chi connectivity index (χ1) is 8.26. The Morgan fingerprint density at radius 1 is 1.44 bits per heavy atom. The van der Waals surface area contributed by atoms with E-state index in [2.05, 4.69) is 13.8 Å². The van der Waals surface area contributed by atoms with Crippen molar-refractivity contribution in [1.82, 2.24) is 4.31 Å². The maximum atomic E-state index is 12.4. The van der Waals surface area contributed by atoms with Crippen LogP contribution in [-0.4, -0.2) is 31.1 Å². The molecule has 0 N–H and O–H groups in total. The number of carbonyl (C=O) groups is 1. The second kappa shape index (κ2) is 3.44. The molecule has 0 aromatic rings. The molecule has 0 radical (unpaired) electrons. The van der Waals surface area contributed by atoms with Gasteiger partial charge in [0.05, 0.1) is 6.04 Å². The summed E-state index contributed by atoms with van der Waals surface area (Å²) >= 11 is 0. The van der Waals surface area contributed by atoms with Gasteiger partial charge in [-0.15, -0.1) is 0 Å². The Balaban J connectivity index is 2.05. The molecule has 1 amide bonds. The molecule has 0 aromatic heterocycles. The quantitative estimate of drug-likeness (QED) is 0.735. The van der Waals surface area contributed by atoms with Crippen LogP contribution in [0.25, 0.3) is 0 Å². The van der Waals surface area contributed by atoms with Gasteiger partial charge in [-0.1, -0.05) is 20.8 Å². The largest absolute Gasteiger partial charge is 0.783 e. The van der Waals surface area contributed by atoms with Crippen LogP contribution in [0, 0.1) is 16.7 Å². The molecule has 1 heterocycles. The zero-order valence-electron chi connectivity index (χ0n) is 11.3. The van der Waals surface area contributed by atoms with Gasteiger partial charge < -0.3 is 24.2 Å². The molecule has 3 atom stereocenters. The molecule has 104 valence electrons. The van der Waals surface area contributed by atoms with Crippen LogP contribution >= 0.6 is 10.8 Å². The molecule has 5 heteroatoms. The molecule has 1 spiro atoms. The zero-order valence-corrected chi connectivity index (χ0v) is 12.1. The Morgan fingerprint density at radius 3 is 2.67 bits per heavy atom. The highest BCUT2D eigenvalue weighted by Crippen LogP contribution is 2.76. The number of hydrogen-bond acceptors (Lipinski definition) is 3. The number of amides is 1. The summed E-state index contributed by atoms with van der Waals surface area (Å²) in [7, 11) is -3.39. The summed E-state index contributed by atoms with van der Waals surface area (Å²) in [5, 5.41) is 0. The maximum Gasteiger partial charge on any atom is 0.235 e. The lowest BCUT2D eigenvalue weighted by atomic mass is 9.69. The molecule has 0 unspecified atom stereocenters. The highest BCUT2D eigenvalue weighted by Gasteiger charge is 2.68. The molecule has 3 rings (SSSR count). The van der Waals surface area contributed by atoms with Crippen LogP contribution < -0.4 is 0 Å². The van der Waals surface area contributed by atoms with Crippen LogP contribution in [0.15, 0.2) is 0 Å². The predicted molar refractivity (Wildman–Crippen MR) is 68.5 cm³/mol. The minimum atomic E-state index is -3.39. The first-order valence-electron chi connectivity index (χ1n) is 6.81. The smallest absolute Gasteiger partial charge is 0.235 e. The van der Waals surface area contributed by atoms with E-state index < -0.39 is 10.8 Å². The molecule has 2 bridgehead atoms. The van der Waals surface area contributed by atoms with Crippen LogP contribution in [0.1, 0.15) is 46.5 Å². The van der Waals surface area contributed by atoms with Gasteiger partial charge >= 0.3 is 0 Å². The normalized spacial score (nSPS) is 45.1.